The fourth-order valence-electron chi connectivity index (χ4n) is 0.161. The molecular formula is C5H7OZn. The Morgan fingerprint density at radius 3 is 2.14 bits per heavy atom. The number of hydrogen-bond acceptors (Lipinski definition) is 1. The maximum atomic E-state index is 10.4. The van der Waals surface area contributed by atoms with Crippen molar-refractivity contribution in [3.8, 4) is 0 Å². The molecule has 0 rings (SSSR count). The molecule has 2 heteroatoms. The topological polar surface area (TPSA) is 17.1 Å². The summed E-state index contributed by atoms with van der Waals surface area (Å²) in [4.78, 5) is 10.4. The predicted octanol–water partition coefficient (Wildman–Crippen LogP) is 1.03. The Bertz CT molecular complexity index is 105. The summed E-state index contributed by atoms with van der Waals surface area (Å²) < 4.78 is 0.280. The zero-order chi connectivity index (χ0) is 5.86. The van der Waals surface area contributed by atoms with E-state index < -0.39 is 0 Å². The van der Waals surface area contributed by atoms with Crippen molar-refractivity contribution in [3.05, 3.63) is 11.6 Å². The quantitative estimate of drug-likeness (QED) is 0.401. The summed E-state index contributed by atoms with van der Waals surface area (Å²) >= 11 is 0.746. The molecule has 0 aliphatic rings. The van der Waals surface area contributed by atoms with Crippen LogP contribution in [0.2, 0.25) is 0 Å². The second-order valence-corrected chi connectivity index (χ2v) is 2.74. The Morgan fingerprint density at radius 2 is 2.14 bits per heavy atom. The fourth-order valence-corrected chi connectivity index (χ4v) is 0.589. The van der Waals surface area contributed by atoms with Crippen LogP contribution in [0.3, 0.4) is 0 Å². The van der Waals surface area contributed by atoms with Crippen LogP contribution < -0.4 is 0 Å². The van der Waals surface area contributed by atoms with Crippen molar-refractivity contribution in [3.63, 3.8) is 0 Å². The molecular weight excluding hydrogens is 141 g/mol. The van der Waals surface area contributed by atoms with E-state index in [2.05, 4.69) is 0 Å². The van der Waals surface area contributed by atoms with E-state index in [1.54, 1.807) is 0 Å². The van der Waals surface area contributed by atoms with E-state index in [1.165, 1.54) is 0 Å². The number of rotatable bonds is 1. The van der Waals surface area contributed by atoms with Crippen molar-refractivity contribution in [1.82, 2.24) is 0 Å². The average Bonchev–Trinajstić information content (AvgIpc) is 1.65. The number of carbonyl (C=O) groups excluding carboxylic acids is 1. The van der Waals surface area contributed by atoms with Gasteiger partial charge in [-0.3, -0.25) is 0 Å². The van der Waals surface area contributed by atoms with Gasteiger partial charge >= 0.3 is 53.0 Å². The van der Waals surface area contributed by atoms with Gasteiger partial charge in [0.25, 0.3) is 0 Å². The summed E-state index contributed by atoms with van der Waals surface area (Å²) in [5.41, 5.74) is 0.889. The van der Waals surface area contributed by atoms with Crippen LogP contribution >= 0.6 is 0 Å². The van der Waals surface area contributed by atoms with Gasteiger partial charge in [0.1, 0.15) is 0 Å². The zero-order valence-electron chi connectivity index (χ0n) is 4.69. The van der Waals surface area contributed by atoms with E-state index in [-0.39, 0.29) is 4.38 Å². The van der Waals surface area contributed by atoms with Gasteiger partial charge < -0.3 is 0 Å². The van der Waals surface area contributed by atoms with E-state index in [1.807, 2.05) is 19.9 Å². The first kappa shape index (κ1) is 7.03. The van der Waals surface area contributed by atoms with Crippen LogP contribution in [0.5, 0.6) is 0 Å². The molecule has 0 saturated carbocycles. The summed E-state index contributed by atoms with van der Waals surface area (Å²) in [6.45, 7) is 3.72. The van der Waals surface area contributed by atoms with Crippen molar-refractivity contribution >= 4 is 4.38 Å². The third kappa shape index (κ3) is 2.70. The van der Waals surface area contributed by atoms with Crippen molar-refractivity contribution in [2.75, 3.05) is 0 Å². The first-order valence-corrected chi connectivity index (χ1v) is 3.66. The van der Waals surface area contributed by atoms with Gasteiger partial charge in [0.05, 0.1) is 0 Å². The molecule has 0 aromatic heterocycles. The monoisotopic (exact) mass is 147 g/mol. The first-order valence-electron chi connectivity index (χ1n) is 2.17. The van der Waals surface area contributed by atoms with Crippen molar-refractivity contribution in [2.24, 2.45) is 0 Å². The zero-order valence-corrected chi connectivity index (χ0v) is 7.66. The summed E-state index contributed by atoms with van der Waals surface area (Å²) in [5.74, 6) is 0. The Hall–Kier alpha value is 0.0334. The van der Waals surface area contributed by atoms with Crippen LogP contribution in [0.4, 0.5) is 0 Å². The van der Waals surface area contributed by atoms with E-state index in [4.69, 9.17) is 0 Å². The summed E-state index contributed by atoms with van der Waals surface area (Å²) in [6, 6.07) is 0. The fraction of sp³-hybridized carbons (Fsp3) is 0.400. The van der Waals surface area contributed by atoms with Gasteiger partial charge in [-0.25, -0.2) is 0 Å². The third-order valence-corrected chi connectivity index (χ3v) is 2.04. The Morgan fingerprint density at radius 1 is 1.71 bits per heavy atom. The average molecular weight is 148 g/mol. The number of carbonyl (C=O) groups is 1. The SMILES string of the molecule is CC=C(C)[C](=O)[Zn]. The molecule has 0 fully saturated rings. The molecule has 0 saturated heterocycles. The standard InChI is InChI=1S/C5H7O.Zn/c1-3-5(2)4-6;/h3H,1-2H3;. The molecule has 1 nitrogen and oxygen atoms in total. The molecule has 0 spiro atoms. The van der Waals surface area contributed by atoms with Gasteiger partial charge in [0.15, 0.2) is 0 Å². The molecule has 0 radical (unpaired) electrons. The molecule has 0 aliphatic carbocycles. The molecule has 0 aromatic rings. The molecule has 0 N–H and O–H groups in total. The van der Waals surface area contributed by atoms with Gasteiger partial charge in [-0.15, -0.1) is 0 Å². The second kappa shape index (κ2) is 3.09. The van der Waals surface area contributed by atoms with E-state index in [9.17, 15) is 4.79 Å². The van der Waals surface area contributed by atoms with Crippen LogP contribution in [0.15, 0.2) is 11.6 Å². The van der Waals surface area contributed by atoms with Crippen molar-refractivity contribution in [2.45, 2.75) is 13.8 Å². The van der Waals surface area contributed by atoms with Gasteiger partial charge in [-0.2, -0.15) is 0 Å². The Balaban J connectivity index is 3.82. The summed E-state index contributed by atoms with van der Waals surface area (Å²) in [5, 5.41) is 0. The molecule has 0 aromatic carbocycles. The van der Waals surface area contributed by atoms with Crippen LogP contribution in [-0.4, -0.2) is 4.38 Å². The second-order valence-electron chi connectivity index (χ2n) is 1.39. The molecule has 0 atom stereocenters. The number of allylic oxidation sites excluding steroid dienone is 2. The molecule has 7 heavy (non-hydrogen) atoms. The minimum absolute atomic E-state index is 0.280. The van der Waals surface area contributed by atoms with Crippen LogP contribution in [-0.2, 0) is 23.1 Å². The van der Waals surface area contributed by atoms with Crippen LogP contribution in [0, 0.1) is 0 Å². The Labute approximate surface area is 53.5 Å². The predicted molar refractivity (Wildman–Crippen MR) is 24.4 cm³/mol. The molecule has 0 aliphatic heterocycles. The number of hydrogen-bond donors (Lipinski definition) is 0. The molecule has 0 bridgehead atoms. The minimum atomic E-state index is 0.280. The maximum absolute atomic E-state index is 10.4. The normalized spacial score (nSPS) is 11.7. The van der Waals surface area contributed by atoms with Gasteiger partial charge in [0, 0.05) is 0 Å². The van der Waals surface area contributed by atoms with Gasteiger partial charge in [-0.05, 0) is 0 Å². The molecule has 35 valence electrons. The first-order chi connectivity index (χ1) is 3.18. The van der Waals surface area contributed by atoms with Gasteiger partial charge in [-0.1, -0.05) is 0 Å². The van der Waals surface area contributed by atoms with Crippen molar-refractivity contribution in [1.29, 1.82) is 0 Å². The summed E-state index contributed by atoms with van der Waals surface area (Å²) in [6.07, 6.45) is 1.84. The van der Waals surface area contributed by atoms with Crippen molar-refractivity contribution < 1.29 is 23.1 Å². The van der Waals surface area contributed by atoms with Crippen LogP contribution in [0.25, 0.3) is 0 Å². The molecule has 0 unspecified atom stereocenters. The van der Waals surface area contributed by atoms with E-state index in [0.29, 0.717) is 0 Å². The van der Waals surface area contributed by atoms with Crippen LogP contribution in [0.1, 0.15) is 13.8 Å². The van der Waals surface area contributed by atoms with Gasteiger partial charge in [0.2, 0.25) is 0 Å². The Kier molecular flexibility index (Phi) is 3.10. The van der Waals surface area contributed by atoms with E-state index in [0.717, 1.165) is 23.9 Å². The third-order valence-electron chi connectivity index (χ3n) is 0.873. The molecule has 0 amide bonds. The summed E-state index contributed by atoms with van der Waals surface area (Å²) in [7, 11) is 0. The molecule has 0 heterocycles. The van der Waals surface area contributed by atoms with E-state index >= 15 is 0 Å².